The Labute approximate surface area is 200 Å². The highest BCUT2D eigenvalue weighted by Crippen LogP contribution is 2.19. The smallest absolute Gasteiger partial charge is 0.242 e. The fourth-order valence-corrected chi connectivity index (χ4v) is 4.16. The molecule has 1 atom stereocenters. The number of hydrogen-bond acceptors (Lipinski definition) is 3. The maximum atomic E-state index is 13.1. The number of benzene rings is 2. The second-order valence-corrected chi connectivity index (χ2v) is 11.0. The Bertz CT molecular complexity index is 849. The number of thioether (sulfide) groups is 1. The molecule has 162 valence electrons. The minimum Gasteiger partial charge on any atom is -0.350 e. The van der Waals surface area contributed by atoms with E-state index in [9.17, 15) is 9.59 Å². The average Bonchev–Trinajstić information content (AvgIpc) is 2.67. The number of nitrogens with zero attached hydrogens (tertiary/aromatic N) is 1. The minimum atomic E-state index is -0.561. The first kappa shape index (κ1) is 25.0. The van der Waals surface area contributed by atoms with E-state index in [0.29, 0.717) is 12.3 Å². The molecule has 0 saturated carbocycles. The summed E-state index contributed by atoms with van der Waals surface area (Å²) in [4.78, 5) is 27.5. The molecular formula is C23H28Br2N2O2S. The molecule has 0 saturated heterocycles. The summed E-state index contributed by atoms with van der Waals surface area (Å²) < 4.78 is 2.01. The Morgan fingerprint density at radius 2 is 1.47 bits per heavy atom. The highest BCUT2D eigenvalue weighted by atomic mass is 79.9. The van der Waals surface area contributed by atoms with Crippen LogP contribution in [0, 0.1) is 0 Å². The molecular weight excluding hydrogens is 528 g/mol. The van der Waals surface area contributed by atoms with Gasteiger partial charge < -0.3 is 10.2 Å². The van der Waals surface area contributed by atoms with Gasteiger partial charge in [-0.3, -0.25) is 9.59 Å². The summed E-state index contributed by atoms with van der Waals surface area (Å²) in [5.74, 6) is 0.871. The lowest BCUT2D eigenvalue weighted by molar-refractivity contribution is -0.139. The number of carbonyl (C=O) groups is 2. The van der Waals surface area contributed by atoms with Gasteiger partial charge in [-0.15, -0.1) is 11.8 Å². The van der Waals surface area contributed by atoms with Crippen LogP contribution in [0.1, 0.15) is 38.8 Å². The van der Waals surface area contributed by atoms with Gasteiger partial charge in [0, 0.05) is 26.8 Å². The molecule has 0 aliphatic heterocycles. The van der Waals surface area contributed by atoms with Crippen LogP contribution in [0.4, 0.5) is 0 Å². The first-order chi connectivity index (χ1) is 14.0. The molecule has 0 unspecified atom stereocenters. The van der Waals surface area contributed by atoms with Crippen LogP contribution in [0.3, 0.4) is 0 Å². The first-order valence-electron chi connectivity index (χ1n) is 9.73. The second kappa shape index (κ2) is 11.3. The SMILES string of the molecule is C[C@H](C(=O)NC(C)(C)C)N(Cc1ccc(Br)cc1)C(=O)CSCc1ccc(Br)cc1. The molecule has 0 aliphatic carbocycles. The van der Waals surface area contributed by atoms with Gasteiger partial charge in [0.15, 0.2) is 0 Å². The molecule has 0 aliphatic rings. The van der Waals surface area contributed by atoms with Crippen molar-refractivity contribution in [3.63, 3.8) is 0 Å². The van der Waals surface area contributed by atoms with E-state index in [0.717, 1.165) is 25.8 Å². The van der Waals surface area contributed by atoms with Crippen molar-refractivity contribution in [3.05, 3.63) is 68.6 Å². The molecule has 0 spiro atoms. The molecule has 7 heteroatoms. The Morgan fingerprint density at radius 1 is 0.967 bits per heavy atom. The molecule has 0 radical (unpaired) electrons. The van der Waals surface area contributed by atoms with Gasteiger partial charge in [0.1, 0.15) is 6.04 Å². The van der Waals surface area contributed by atoms with Crippen molar-refractivity contribution in [1.29, 1.82) is 0 Å². The highest BCUT2D eigenvalue weighted by molar-refractivity contribution is 9.10. The maximum absolute atomic E-state index is 13.1. The van der Waals surface area contributed by atoms with Crippen LogP contribution in [0.5, 0.6) is 0 Å². The standard InChI is InChI=1S/C23H28Br2N2O2S/c1-16(22(29)26-23(2,3)4)27(13-17-5-9-19(24)10-6-17)21(28)15-30-14-18-7-11-20(25)12-8-18/h5-12,16H,13-15H2,1-4H3,(H,26,29)/t16-/m1/s1. The van der Waals surface area contributed by atoms with E-state index in [1.807, 2.05) is 69.3 Å². The summed E-state index contributed by atoms with van der Waals surface area (Å²) in [5, 5.41) is 2.98. The molecule has 2 amide bonds. The van der Waals surface area contributed by atoms with Crippen LogP contribution in [0.25, 0.3) is 0 Å². The summed E-state index contributed by atoms with van der Waals surface area (Å²) in [5.41, 5.74) is 1.79. The molecule has 1 N–H and O–H groups in total. The van der Waals surface area contributed by atoms with Gasteiger partial charge in [-0.25, -0.2) is 0 Å². The zero-order valence-electron chi connectivity index (χ0n) is 17.7. The van der Waals surface area contributed by atoms with Crippen molar-refractivity contribution in [2.75, 3.05) is 5.75 Å². The number of carbonyl (C=O) groups excluding carboxylic acids is 2. The van der Waals surface area contributed by atoms with E-state index in [1.54, 1.807) is 23.6 Å². The van der Waals surface area contributed by atoms with Gasteiger partial charge in [0.2, 0.25) is 11.8 Å². The Balaban J connectivity index is 2.08. The van der Waals surface area contributed by atoms with Crippen LogP contribution < -0.4 is 5.32 Å². The average molecular weight is 556 g/mol. The fraction of sp³-hybridized carbons (Fsp3) is 0.391. The zero-order chi connectivity index (χ0) is 22.3. The molecule has 0 aromatic heterocycles. The van der Waals surface area contributed by atoms with E-state index in [2.05, 4.69) is 37.2 Å². The van der Waals surface area contributed by atoms with E-state index in [-0.39, 0.29) is 17.4 Å². The van der Waals surface area contributed by atoms with E-state index in [1.165, 1.54) is 0 Å². The largest absolute Gasteiger partial charge is 0.350 e. The van der Waals surface area contributed by atoms with Crippen molar-refractivity contribution >= 4 is 55.4 Å². The van der Waals surface area contributed by atoms with E-state index >= 15 is 0 Å². The summed E-state index contributed by atoms with van der Waals surface area (Å²) >= 11 is 8.43. The molecule has 0 bridgehead atoms. The zero-order valence-corrected chi connectivity index (χ0v) is 21.7. The summed E-state index contributed by atoms with van der Waals surface area (Å²) in [7, 11) is 0. The van der Waals surface area contributed by atoms with Gasteiger partial charge in [0.05, 0.1) is 5.75 Å². The van der Waals surface area contributed by atoms with Crippen molar-refractivity contribution < 1.29 is 9.59 Å². The lowest BCUT2D eigenvalue weighted by Gasteiger charge is -2.31. The van der Waals surface area contributed by atoms with Crippen LogP contribution in [-0.2, 0) is 21.9 Å². The number of amides is 2. The monoisotopic (exact) mass is 554 g/mol. The Morgan fingerprint density at radius 3 is 1.97 bits per heavy atom. The third kappa shape index (κ3) is 8.44. The summed E-state index contributed by atoms with van der Waals surface area (Å²) in [6.07, 6.45) is 0. The third-order valence-corrected chi connectivity index (χ3v) is 6.39. The number of rotatable bonds is 8. The molecule has 2 aromatic rings. The molecule has 0 heterocycles. The van der Waals surface area contributed by atoms with E-state index < -0.39 is 6.04 Å². The number of nitrogens with one attached hydrogen (secondary N) is 1. The predicted octanol–water partition coefficient (Wildman–Crippen LogP) is 5.78. The molecule has 30 heavy (non-hydrogen) atoms. The van der Waals surface area contributed by atoms with Gasteiger partial charge in [-0.05, 0) is 63.1 Å². The number of halogens is 2. The van der Waals surface area contributed by atoms with Gasteiger partial charge in [0.25, 0.3) is 0 Å². The summed E-state index contributed by atoms with van der Waals surface area (Å²) in [6.45, 7) is 7.99. The third-order valence-electron chi connectivity index (χ3n) is 4.34. The van der Waals surface area contributed by atoms with Crippen LogP contribution in [0.15, 0.2) is 57.5 Å². The molecule has 2 rings (SSSR count). The van der Waals surface area contributed by atoms with Crippen molar-refractivity contribution in [2.24, 2.45) is 0 Å². The van der Waals surface area contributed by atoms with Crippen LogP contribution in [-0.4, -0.2) is 34.0 Å². The van der Waals surface area contributed by atoms with Crippen LogP contribution >= 0.6 is 43.6 Å². The Kier molecular flexibility index (Phi) is 9.44. The highest BCUT2D eigenvalue weighted by Gasteiger charge is 2.28. The van der Waals surface area contributed by atoms with E-state index in [4.69, 9.17) is 0 Å². The second-order valence-electron chi connectivity index (χ2n) is 8.18. The first-order valence-corrected chi connectivity index (χ1v) is 12.5. The lowest BCUT2D eigenvalue weighted by atomic mass is 10.1. The topological polar surface area (TPSA) is 49.4 Å². The van der Waals surface area contributed by atoms with Crippen LogP contribution in [0.2, 0.25) is 0 Å². The minimum absolute atomic E-state index is 0.0448. The molecule has 0 fully saturated rings. The summed E-state index contributed by atoms with van der Waals surface area (Å²) in [6, 6.07) is 15.3. The Hall–Kier alpha value is -1.31. The predicted molar refractivity (Wildman–Crippen MR) is 132 cm³/mol. The van der Waals surface area contributed by atoms with Gasteiger partial charge in [-0.1, -0.05) is 56.1 Å². The molecule has 2 aromatic carbocycles. The van der Waals surface area contributed by atoms with Crippen molar-refractivity contribution in [3.8, 4) is 0 Å². The fourth-order valence-electron chi connectivity index (χ4n) is 2.76. The van der Waals surface area contributed by atoms with Crippen molar-refractivity contribution in [2.45, 2.75) is 51.6 Å². The van der Waals surface area contributed by atoms with Gasteiger partial charge in [-0.2, -0.15) is 0 Å². The maximum Gasteiger partial charge on any atom is 0.242 e. The van der Waals surface area contributed by atoms with Gasteiger partial charge >= 0.3 is 0 Å². The van der Waals surface area contributed by atoms with Crippen molar-refractivity contribution in [1.82, 2.24) is 10.2 Å². The quantitative estimate of drug-likeness (QED) is 0.449. The normalized spacial score (nSPS) is 12.3. The number of hydrogen-bond donors (Lipinski definition) is 1. The lowest BCUT2D eigenvalue weighted by Crippen LogP contribution is -2.52. The molecule has 4 nitrogen and oxygen atoms in total.